The Hall–Kier alpha value is -2.22. The average molecular weight is 432 g/mol. The number of hydrogen-bond acceptors (Lipinski definition) is 4. The topological polar surface area (TPSA) is 69.7 Å². The van der Waals surface area contributed by atoms with E-state index in [2.05, 4.69) is 22.3 Å². The number of sulfonamides is 1. The van der Waals surface area contributed by atoms with E-state index >= 15 is 0 Å². The van der Waals surface area contributed by atoms with Crippen molar-refractivity contribution in [2.75, 3.05) is 33.7 Å². The Bertz CT molecular complexity index is 893. The summed E-state index contributed by atoms with van der Waals surface area (Å²) in [6.07, 6.45) is 0.923. The molecule has 0 saturated carbocycles. The summed E-state index contributed by atoms with van der Waals surface area (Å²) < 4.78 is 26.5. The molecule has 30 heavy (non-hydrogen) atoms. The van der Waals surface area contributed by atoms with Crippen LogP contribution in [-0.4, -0.2) is 57.3 Å². The predicted molar refractivity (Wildman–Crippen MR) is 121 cm³/mol. The number of likely N-dealkylation sites (N-methyl/N-ethyl adjacent to an activating group) is 1. The zero-order chi connectivity index (χ0) is 22.1. The summed E-state index contributed by atoms with van der Waals surface area (Å²) in [6, 6.07) is 17.0. The first-order valence-electron chi connectivity index (χ1n) is 10.4. The lowest BCUT2D eigenvalue weighted by atomic mass is 10.1. The van der Waals surface area contributed by atoms with Gasteiger partial charge in [0.25, 0.3) is 0 Å². The second-order valence-corrected chi connectivity index (χ2v) is 9.37. The van der Waals surface area contributed by atoms with Crippen molar-refractivity contribution in [3.63, 3.8) is 0 Å². The molecule has 0 bridgehead atoms. The molecule has 7 heteroatoms. The van der Waals surface area contributed by atoms with Gasteiger partial charge in [0.15, 0.2) is 0 Å². The van der Waals surface area contributed by atoms with Crippen LogP contribution in [0.25, 0.3) is 0 Å². The highest BCUT2D eigenvalue weighted by Gasteiger charge is 2.21. The van der Waals surface area contributed by atoms with Crippen LogP contribution < -0.4 is 5.32 Å². The van der Waals surface area contributed by atoms with E-state index in [1.807, 2.05) is 46.1 Å². The van der Waals surface area contributed by atoms with Gasteiger partial charge in [-0.3, -0.25) is 4.79 Å². The number of nitrogens with zero attached hydrogens (tertiary/aromatic N) is 2. The lowest BCUT2D eigenvalue weighted by Crippen LogP contribution is -2.34. The van der Waals surface area contributed by atoms with Gasteiger partial charge in [-0.2, -0.15) is 4.31 Å². The highest BCUT2D eigenvalue weighted by atomic mass is 32.2. The first-order valence-corrected chi connectivity index (χ1v) is 11.8. The van der Waals surface area contributed by atoms with Crippen LogP contribution in [0.3, 0.4) is 0 Å². The Morgan fingerprint density at radius 1 is 0.967 bits per heavy atom. The molecule has 2 rings (SSSR count). The van der Waals surface area contributed by atoms with Crippen molar-refractivity contribution >= 4 is 15.9 Å². The van der Waals surface area contributed by atoms with Crippen LogP contribution in [0.4, 0.5) is 0 Å². The molecule has 6 nitrogen and oxygen atoms in total. The Balaban J connectivity index is 1.90. The van der Waals surface area contributed by atoms with Crippen LogP contribution in [0.1, 0.15) is 37.4 Å². The van der Waals surface area contributed by atoms with Crippen LogP contribution >= 0.6 is 0 Å². The van der Waals surface area contributed by atoms with Crippen molar-refractivity contribution in [2.45, 2.75) is 37.6 Å². The lowest BCUT2D eigenvalue weighted by Gasteiger charge is -2.25. The molecule has 1 atom stereocenters. The zero-order valence-corrected chi connectivity index (χ0v) is 19.2. The highest BCUT2D eigenvalue weighted by molar-refractivity contribution is 7.89. The Labute approximate surface area is 180 Å². The lowest BCUT2D eigenvalue weighted by molar-refractivity contribution is -0.121. The van der Waals surface area contributed by atoms with Crippen LogP contribution in [0.2, 0.25) is 0 Å². The van der Waals surface area contributed by atoms with Crippen LogP contribution in [0.15, 0.2) is 59.5 Å². The van der Waals surface area contributed by atoms with Gasteiger partial charge in [0.2, 0.25) is 15.9 Å². The molecular formula is C23H33N3O3S. The molecule has 1 unspecified atom stereocenters. The normalized spacial score (nSPS) is 12.9. The second-order valence-electron chi connectivity index (χ2n) is 7.43. The molecule has 164 valence electrons. The molecule has 0 radical (unpaired) electrons. The summed E-state index contributed by atoms with van der Waals surface area (Å²) in [5.41, 5.74) is 2.10. The summed E-state index contributed by atoms with van der Waals surface area (Å²) in [5.74, 6) is -0.0161. The summed E-state index contributed by atoms with van der Waals surface area (Å²) >= 11 is 0. The molecular weight excluding hydrogens is 398 g/mol. The first-order chi connectivity index (χ1) is 14.3. The Morgan fingerprint density at radius 2 is 1.57 bits per heavy atom. The molecule has 0 aliphatic carbocycles. The number of amides is 1. The van der Waals surface area contributed by atoms with Gasteiger partial charge in [-0.15, -0.1) is 0 Å². The van der Waals surface area contributed by atoms with E-state index in [-0.39, 0.29) is 16.8 Å². The molecule has 0 heterocycles. The van der Waals surface area contributed by atoms with E-state index in [0.717, 1.165) is 11.1 Å². The molecule has 0 spiro atoms. The highest BCUT2D eigenvalue weighted by Crippen LogP contribution is 2.18. The molecule has 1 N–H and O–H groups in total. The maximum Gasteiger partial charge on any atom is 0.243 e. The summed E-state index contributed by atoms with van der Waals surface area (Å²) in [6.45, 7) is 5.08. The van der Waals surface area contributed by atoms with Crippen molar-refractivity contribution in [1.29, 1.82) is 0 Å². The largest absolute Gasteiger partial charge is 0.354 e. The zero-order valence-electron chi connectivity index (χ0n) is 18.3. The number of carbonyl (C=O) groups is 1. The van der Waals surface area contributed by atoms with E-state index in [4.69, 9.17) is 0 Å². The fraction of sp³-hybridized carbons (Fsp3) is 0.435. The van der Waals surface area contributed by atoms with Crippen molar-refractivity contribution < 1.29 is 13.2 Å². The smallest absolute Gasteiger partial charge is 0.243 e. The number of rotatable bonds is 11. The number of benzene rings is 2. The van der Waals surface area contributed by atoms with E-state index in [1.54, 1.807) is 24.3 Å². The van der Waals surface area contributed by atoms with Gasteiger partial charge in [-0.1, -0.05) is 56.3 Å². The van der Waals surface area contributed by atoms with Crippen molar-refractivity contribution in [2.24, 2.45) is 0 Å². The predicted octanol–water partition coefficient (Wildman–Crippen LogP) is 3.07. The molecule has 1 amide bonds. The Kier molecular flexibility index (Phi) is 9.02. The molecule has 0 aliphatic heterocycles. The Morgan fingerprint density at radius 3 is 2.10 bits per heavy atom. The van der Waals surface area contributed by atoms with Crippen molar-refractivity contribution in [3.05, 3.63) is 65.7 Å². The fourth-order valence-electron chi connectivity index (χ4n) is 3.37. The molecule has 0 aromatic heterocycles. The van der Waals surface area contributed by atoms with Gasteiger partial charge < -0.3 is 10.2 Å². The van der Waals surface area contributed by atoms with Gasteiger partial charge >= 0.3 is 0 Å². The minimum absolute atomic E-state index is 0.0161. The maximum atomic E-state index is 12.6. The van der Waals surface area contributed by atoms with E-state index in [9.17, 15) is 13.2 Å². The molecule has 2 aromatic carbocycles. The third-order valence-electron chi connectivity index (χ3n) is 5.21. The minimum atomic E-state index is -3.45. The van der Waals surface area contributed by atoms with Crippen LogP contribution in [0.5, 0.6) is 0 Å². The molecule has 2 aromatic rings. The minimum Gasteiger partial charge on any atom is -0.354 e. The van der Waals surface area contributed by atoms with Gasteiger partial charge in [-0.05, 0) is 43.8 Å². The SMILES string of the molecule is CCN(CC)S(=O)(=O)c1ccc(CCC(=O)NCC(c2ccccc2)N(C)C)cc1. The summed E-state index contributed by atoms with van der Waals surface area (Å²) in [4.78, 5) is 14.7. The number of hydrogen-bond donors (Lipinski definition) is 1. The van der Waals surface area contributed by atoms with Crippen molar-refractivity contribution in [3.8, 4) is 0 Å². The standard InChI is InChI=1S/C23H33N3O3S/c1-5-26(6-2)30(28,29)21-15-12-19(13-16-21)14-17-23(27)24-18-22(25(3)4)20-10-8-7-9-11-20/h7-13,15-16,22H,5-6,14,17-18H2,1-4H3,(H,24,27). The third kappa shape index (κ3) is 6.39. The van der Waals surface area contributed by atoms with E-state index in [1.165, 1.54) is 4.31 Å². The van der Waals surface area contributed by atoms with Crippen LogP contribution in [-0.2, 0) is 21.2 Å². The van der Waals surface area contributed by atoms with Crippen LogP contribution in [0, 0.1) is 0 Å². The van der Waals surface area contributed by atoms with E-state index < -0.39 is 10.0 Å². The molecule has 0 fully saturated rings. The van der Waals surface area contributed by atoms with Gasteiger partial charge in [0.1, 0.15) is 0 Å². The monoisotopic (exact) mass is 431 g/mol. The second kappa shape index (κ2) is 11.2. The van der Waals surface area contributed by atoms with Gasteiger partial charge in [0.05, 0.1) is 10.9 Å². The molecule has 0 saturated heterocycles. The number of nitrogens with one attached hydrogen (secondary N) is 1. The van der Waals surface area contributed by atoms with Gasteiger partial charge in [0, 0.05) is 26.1 Å². The molecule has 0 aliphatic rings. The van der Waals surface area contributed by atoms with E-state index in [0.29, 0.717) is 32.5 Å². The maximum absolute atomic E-state index is 12.6. The quantitative estimate of drug-likeness (QED) is 0.594. The first kappa shape index (κ1) is 24.1. The summed E-state index contributed by atoms with van der Waals surface area (Å²) in [5, 5.41) is 3.02. The summed E-state index contributed by atoms with van der Waals surface area (Å²) in [7, 11) is 0.543. The number of aryl methyl sites for hydroxylation is 1. The number of carbonyl (C=O) groups excluding carboxylic acids is 1. The fourth-order valence-corrected chi connectivity index (χ4v) is 4.83. The average Bonchev–Trinajstić information content (AvgIpc) is 2.74. The van der Waals surface area contributed by atoms with Crippen molar-refractivity contribution in [1.82, 2.24) is 14.5 Å². The third-order valence-corrected chi connectivity index (χ3v) is 7.27. The van der Waals surface area contributed by atoms with Gasteiger partial charge in [-0.25, -0.2) is 8.42 Å².